The Morgan fingerprint density at radius 3 is 3.05 bits per heavy atom. The van der Waals surface area contributed by atoms with Crippen LogP contribution in [0.5, 0.6) is 0 Å². The molecule has 0 saturated carbocycles. The number of aromatic nitrogens is 3. The van der Waals surface area contributed by atoms with Gasteiger partial charge in [-0.05, 0) is 50.5 Å². The van der Waals surface area contributed by atoms with Gasteiger partial charge in [-0.3, -0.25) is 0 Å². The van der Waals surface area contributed by atoms with E-state index in [4.69, 9.17) is 9.72 Å². The standard InChI is InChI=1S/C17H19N3OS/c1-12-7-8-15(22-12)17-19-14-6-4-9-18-16(14)20(17)11-13-5-2-3-10-21-13/h4,6-9,13H,2-3,5,10-11H2,1H3. The molecule has 0 aromatic carbocycles. The van der Waals surface area contributed by atoms with E-state index >= 15 is 0 Å². The van der Waals surface area contributed by atoms with Gasteiger partial charge >= 0.3 is 0 Å². The molecule has 114 valence electrons. The van der Waals surface area contributed by atoms with Gasteiger partial charge in [-0.1, -0.05) is 0 Å². The monoisotopic (exact) mass is 313 g/mol. The Balaban J connectivity index is 1.79. The van der Waals surface area contributed by atoms with Crippen LogP contribution >= 0.6 is 11.3 Å². The van der Waals surface area contributed by atoms with Crippen LogP contribution in [0, 0.1) is 6.92 Å². The second-order valence-corrected chi connectivity index (χ2v) is 7.08. The fourth-order valence-corrected chi connectivity index (χ4v) is 3.90. The highest BCUT2D eigenvalue weighted by atomic mass is 32.1. The number of fused-ring (bicyclic) bond motifs is 1. The van der Waals surface area contributed by atoms with Gasteiger partial charge in [0.15, 0.2) is 11.5 Å². The zero-order valence-corrected chi connectivity index (χ0v) is 13.5. The zero-order chi connectivity index (χ0) is 14.9. The Hall–Kier alpha value is -1.72. The molecule has 1 fully saturated rings. The van der Waals surface area contributed by atoms with E-state index in [1.54, 1.807) is 11.3 Å². The second kappa shape index (κ2) is 5.82. The first-order valence-corrected chi connectivity index (χ1v) is 8.62. The first-order chi connectivity index (χ1) is 10.8. The summed E-state index contributed by atoms with van der Waals surface area (Å²) in [6.45, 7) is 3.83. The van der Waals surface area contributed by atoms with Crippen LogP contribution in [-0.2, 0) is 11.3 Å². The van der Waals surface area contributed by atoms with E-state index < -0.39 is 0 Å². The lowest BCUT2D eigenvalue weighted by atomic mass is 10.1. The Morgan fingerprint density at radius 2 is 2.27 bits per heavy atom. The van der Waals surface area contributed by atoms with Crippen LogP contribution in [0.4, 0.5) is 0 Å². The number of imidazole rings is 1. The van der Waals surface area contributed by atoms with E-state index in [-0.39, 0.29) is 6.10 Å². The van der Waals surface area contributed by atoms with Gasteiger partial charge in [-0.25, -0.2) is 9.97 Å². The molecule has 1 unspecified atom stereocenters. The largest absolute Gasteiger partial charge is 0.376 e. The summed E-state index contributed by atoms with van der Waals surface area (Å²) < 4.78 is 8.16. The smallest absolute Gasteiger partial charge is 0.160 e. The van der Waals surface area contributed by atoms with Crippen molar-refractivity contribution in [1.29, 1.82) is 0 Å². The maximum Gasteiger partial charge on any atom is 0.160 e. The molecule has 5 heteroatoms. The fraction of sp³-hybridized carbons (Fsp3) is 0.412. The highest BCUT2D eigenvalue weighted by Gasteiger charge is 2.20. The minimum Gasteiger partial charge on any atom is -0.376 e. The number of ether oxygens (including phenoxy) is 1. The van der Waals surface area contributed by atoms with Gasteiger partial charge in [0, 0.05) is 17.7 Å². The lowest BCUT2D eigenvalue weighted by Gasteiger charge is -2.23. The van der Waals surface area contributed by atoms with Gasteiger partial charge in [0.1, 0.15) is 5.52 Å². The van der Waals surface area contributed by atoms with E-state index in [0.29, 0.717) is 0 Å². The quantitative estimate of drug-likeness (QED) is 0.732. The lowest BCUT2D eigenvalue weighted by Crippen LogP contribution is -2.24. The normalized spacial score (nSPS) is 18.9. The van der Waals surface area contributed by atoms with Gasteiger partial charge in [0.2, 0.25) is 0 Å². The molecular weight excluding hydrogens is 294 g/mol. The summed E-state index contributed by atoms with van der Waals surface area (Å²) in [5.41, 5.74) is 1.91. The number of nitrogens with zero attached hydrogens (tertiary/aromatic N) is 3. The van der Waals surface area contributed by atoms with E-state index in [9.17, 15) is 0 Å². The maximum atomic E-state index is 5.92. The number of aryl methyl sites for hydroxylation is 1. The van der Waals surface area contributed by atoms with Crippen LogP contribution in [-0.4, -0.2) is 27.2 Å². The molecule has 22 heavy (non-hydrogen) atoms. The Bertz CT molecular complexity index is 786. The molecule has 0 spiro atoms. The molecule has 1 aliphatic rings. The van der Waals surface area contributed by atoms with Crippen molar-refractivity contribution in [3.63, 3.8) is 0 Å². The third-order valence-electron chi connectivity index (χ3n) is 4.12. The molecule has 1 aliphatic heterocycles. The van der Waals surface area contributed by atoms with Gasteiger partial charge in [-0.15, -0.1) is 11.3 Å². The average Bonchev–Trinajstić information content (AvgIpc) is 3.13. The molecule has 4 rings (SSSR count). The first kappa shape index (κ1) is 13.9. The number of pyridine rings is 1. The Labute approximate surface area is 133 Å². The number of hydrogen-bond donors (Lipinski definition) is 0. The predicted octanol–water partition coefficient (Wildman–Crippen LogP) is 4.04. The topological polar surface area (TPSA) is 39.9 Å². The van der Waals surface area contributed by atoms with Gasteiger partial charge < -0.3 is 9.30 Å². The van der Waals surface area contributed by atoms with Crippen LogP contribution in [0.15, 0.2) is 30.5 Å². The highest BCUT2D eigenvalue weighted by molar-refractivity contribution is 7.15. The van der Waals surface area contributed by atoms with E-state index in [1.165, 1.54) is 22.6 Å². The number of thiophene rings is 1. The summed E-state index contributed by atoms with van der Waals surface area (Å²) in [6.07, 6.45) is 5.66. The average molecular weight is 313 g/mol. The molecule has 1 saturated heterocycles. The van der Waals surface area contributed by atoms with Gasteiger partial charge in [0.25, 0.3) is 0 Å². The van der Waals surface area contributed by atoms with Crippen molar-refractivity contribution in [2.45, 2.75) is 38.8 Å². The summed E-state index contributed by atoms with van der Waals surface area (Å²) in [7, 11) is 0. The summed E-state index contributed by atoms with van der Waals surface area (Å²) in [4.78, 5) is 11.9. The van der Waals surface area contributed by atoms with E-state index in [0.717, 1.165) is 36.6 Å². The van der Waals surface area contributed by atoms with E-state index in [2.05, 4.69) is 28.6 Å². The molecule has 4 nitrogen and oxygen atoms in total. The fourth-order valence-electron chi connectivity index (χ4n) is 3.03. The summed E-state index contributed by atoms with van der Waals surface area (Å²) in [5, 5.41) is 0. The third kappa shape index (κ3) is 2.55. The van der Waals surface area contributed by atoms with Crippen molar-refractivity contribution in [2.24, 2.45) is 0 Å². The molecule has 0 radical (unpaired) electrons. The Morgan fingerprint density at radius 1 is 1.32 bits per heavy atom. The van der Waals surface area contributed by atoms with Crippen LogP contribution in [0.25, 0.3) is 21.9 Å². The summed E-state index contributed by atoms with van der Waals surface area (Å²) >= 11 is 1.78. The molecule has 0 bridgehead atoms. The van der Waals surface area contributed by atoms with Crippen molar-refractivity contribution < 1.29 is 4.74 Å². The molecule has 0 N–H and O–H groups in total. The van der Waals surface area contributed by atoms with Crippen molar-refractivity contribution >= 4 is 22.5 Å². The SMILES string of the molecule is Cc1ccc(-c2nc3cccnc3n2CC2CCCCO2)s1. The van der Waals surface area contributed by atoms with Crippen LogP contribution in [0.1, 0.15) is 24.1 Å². The zero-order valence-electron chi connectivity index (χ0n) is 12.7. The van der Waals surface area contributed by atoms with Gasteiger partial charge in [0.05, 0.1) is 17.5 Å². The lowest BCUT2D eigenvalue weighted by molar-refractivity contribution is 0.00679. The molecule has 0 amide bonds. The van der Waals surface area contributed by atoms with E-state index in [1.807, 2.05) is 18.3 Å². The first-order valence-electron chi connectivity index (χ1n) is 7.81. The third-order valence-corrected chi connectivity index (χ3v) is 5.12. The minimum atomic E-state index is 0.271. The van der Waals surface area contributed by atoms with Crippen molar-refractivity contribution in [2.75, 3.05) is 6.61 Å². The molecule has 4 heterocycles. The number of rotatable bonds is 3. The molecular formula is C17H19N3OS. The van der Waals surface area contributed by atoms with Crippen LogP contribution < -0.4 is 0 Å². The van der Waals surface area contributed by atoms with Crippen molar-refractivity contribution in [1.82, 2.24) is 14.5 Å². The summed E-state index contributed by atoms with van der Waals surface area (Å²) in [5.74, 6) is 1.01. The molecule has 1 atom stereocenters. The van der Waals surface area contributed by atoms with Crippen LogP contribution in [0.3, 0.4) is 0 Å². The summed E-state index contributed by atoms with van der Waals surface area (Å²) in [6, 6.07) is 8.28. The highest BCUT2D eigenvalue weighted by Crippen LogP contribution is 2.30. The van der Waals surface area contributed by atoms with Gasteiger partial charge in [-0.2, -0.15) is 0 Å². The molecule has 3 aromatic heterocycles. The van der Waals surface area contributed by atoms with Crippen molar-refractivity contribution in [3.05, 3.63) is 35.3 Å². The Kier molecular flexibility index (Phi) is 3.68. The maximum absolute atomic E-state index is 5.92. The second-order valence-electron chi connectivity index (χ2n) is 5.79. The van der Waals surface area contributed by atoms with Crippen molar-refractivity contribution in [3.8, 4) is 10.7 Å². The van der Waals surface area contributed by atoms with Crippen LogP contribution in [0.2, 0.25) is 0 Å². The predicted molar refractivity (Wildman–Crippen MR) is 89.2 cm³/mol. The molecule has 0 aliphatic carbocycles. The minimum absolute atomic E-state index is 0.271. The number of hydrogen-bond acceptors (Lipinski definition) is 4. The molecule has 3 aromatic rings.